The molecule has 1 aromatic heterocycles. The van der Waals surface area contributed by atoms with Crippen molar-refractivity contribution in [2.24, 2.45) is 0 Å². The quantitative estimate of drug-likeness (QED) is 0.693. The minimum Gasteiger partial charge on any atom is -0.444 e. The van der Waals surface area contributed by atoms with E-state index in [1.54, 1.807) is 6.07 Å². The number of benzene rings is 1. The molecule has 0 atom stereocenters. The van der Waals surface area contributed by atoms with E-state index in [1.807, 2.05) is 24.3 Å². The van der Waals surface area contributed by atoms with Gasteiger partial charge in [0.15, 0.2) is 10.4 Å². The Balaban J connectivity index is 1.50. The molecule has 0 radical (unpaired) electrons. The number of halogens is 2. The van der Waals surface area contributed by atoms with Crippen LogP contribution in [-0.4, -0.2) is 57.1 Å². The Morgan fingerprint density at radius 2 is 1.85 bits per heavy atom. The second kappa shape index (κ2) is 8.64. The predicted molar refractivity (Wildman–Crippen MR) is 108 cm³/mol. The van der Waals surface area contributed by atoms with Gasteiger partial charge in [0.25, 0.3) is 5.91 Å². The molecule has 0 saturated carbocycles. The maximum absolute atomic E-state index is 12.5. The predicted octanol–water partition coefficient (Wildman–Crippen LogP) is 2.58. The van der Waals surface area contributed by atoms with E-state index in [-0.39, 0.29) is 18.1 Å². The maximum Gasteiger partial charge on any atom is 0.287 e. The number of nitrogens with one attached hydrogen (secondary N) is 1. The molecular weight excluding hydrogens is 458 g/mol. The summed E-state index contributed by atoms with van der Waals surface area (Å²) in [7, 11) is -3.45. The molecular formula is C17H19BrClN3O4S. The van der Waals surface area contributed by atoms with Crippen molar-refractivity contribution >= 4 is 49.1 Å². The third kappa shape index (κ3) is 5.04. The Hall–Kier alpha value is -1.55. The van der Waals surface area contributed by atoms with Crippen LogP contribution in [0.2, 0.25) is 5.02 Å². The zero-order valence-corrected chi connectivity index (χ0v) is 17.6. The van der Waals surface area contributed by atoms with E-state index >= 15 is 0 Å². The van der Waals surface area contributed by atoms with Gasteiger partial charge < -0.3 is 14.6 Å². The van der Waals surface area contributed by atoms with Crippen molar-refractivity contribution in [2.45, 2.75) is 0 Å². The van der Waals surface area contributed by atoms with Crippen LogP contribution in [0.5, 0.6) is 0 Å². The normalized spacial score (nSPS) is 15.7. The van der Waals surface area contributed by atoms with Gasteiger partial charge in [-0.2, -0.15) is 4.31 Å². The number of para-hydroxylation sites is 1. The number of carbonyl (C=O) groups excluding carboxylic acids is 1. The van der Waals surface area contributed by atoms with Gasteiger partial charge in [-0.1, -0.05) is 23.7 Å². The molecule has 27 heavy (non-hydrogen) atoms. The topological polar surface area (TPSA) is 82.9 Å². The van der Waals surface area contributed by atoms with Gasteiger partial charge in [0.2, 0.25) is 10.0 Å². The van der Waals surface area contributed by atoms with Crippen molar-refractivity contribution in [3.05, 3.63) is 51.9 Å². The summed E-state index contributed by atoms with van der Waals surface area (Å²) in [5.41, 5.74) is 0.910. The lowest BCUT2D eigenvalue weighted by molar-refractivity contribution is 0.0927. The van der Waals surface area contributed by atoms with E-state index < -0.39 is 15.9 Å². The fourth-order valence-corrected chi connectivity index (χ4v) is 4.76. The summed E-state index contributed by atoms with van der Waals surface area (Å²) in [5.74, 6) is -0.473. The van der Waals surface area contributed by atoms with Gasteiger partial charge in [-0.25, -0.2) is 8.42 Å². The molecule has 0 unspecified atom stereocenters. The Morgan fingerprint density at radius 3 is 2.48 bits per heavy atom. The number of carbonyl (C=O) groups is 1. The number of hydrogen-bond acceptors (Lipinski definition) is 5. The molecule has 10 heteroatoms. The van der Waals surface area contributed by atoms with E-state index in [2.05, 4.69) is 26.1 Å². The third-order valence-corrected chi connectivity index (χ3v) is 6.89. The summed E-state index contributed by atoms with van der Waals surface area (Å²) >= 11 is 9.33. The van der Waals surface area contributed by atoms with Crippen molar-refractivity contribution in [1.29, 1.82) is 0 Å². The first-order chi connectivity index (χ1) is 12.9. The second-order valence-corrected chi connectivity index (χ2v) is 9.29. The molecule has 1 aliphatic heterocycles. The first kappa shape index (κ1) is 20.2. The Morgan fingerprint density at radius 1 is 1.15 bits per heavy atom. The molecule has 2 heterocycles. The monoisotopic (exact) mass is 475 g/mol. The summed E-state index contributed by atoms with van der Waals surface area (Å²) in [5, 5.41) is 3.22. The zero-order chi connectivity index (χ0) is 19.4. The number of amides is 1. The summed E-state index contributed by atoms with van der Waals surface area (Å²) in [6.45, 7) is 1.91. The molecule has 2 aromatic rings. The van der Waals surface area contributed by atoms with Gasteiger partial charge in [-0.05, 0) is 40.2 Å². The molecule has 1 aromatic carbocycles. The number of piperazine rings is 1. The lowest BCUT2D eigenvalue weighted by atomic mass is 10.2. The summed E-state index contributed by atoms with van der Waals surface area (Å²) in [6, 6.07) is 10.6. The molecule has 1 N–H and O–H groups in total. The first-order valence-electron chi connectivity index (χ1n) is 8.38. The molecule has 0 bridgehead atoms. The highest BCUT2D eigenvalue weighted by Gasteiger charge is 2.27. The van der Waals surface area contributed by atoms with Crippen LogP contribution < -0.4 is 10.2 Å². The smallest absolute Gasteiger partial charge is 0.287 e. The van der Waals surface area contributed by atoms with Crippen molar-refractivity contribution in [1.82, 2.24) is 9.62 Å². The zero-order valence-electron chi connectivity index (χ0n) is 14.4. The van der Waals surface area contributed by atoms with E-state index in [4.69, 9.17) is 16.0 Å². The number of sulfonamides is 1. The number of anilines is 1. The summed E-state index contributed by atoms with van der Waals surface area (Å²) in [4.78, 5) is 14.0. The maximum atomic E-state index is 12.5. The fraction of sp³-hybridized carbons (Fsp3) is 0.353. The number of nitrogens with zero attached hydrogens (tertiary/aromatic N) is 2. The third-order valence-electron chi connectivity index (χ3n) is 4.27. The van der Waals surface area contributed by atoms with Crippen molar-refractivity contribution in [3.8, 4) is 0 Å². The number of rotatable bonds is 6. The van der Waals surface area contributed by atoms with Crippen LogP contribution in [0.3, 0.4) is 0 Å². The highest BCUT2D eigenvalue weighted by Crippen LogP contribution is 2.26. The average molecular weight is 477 g/mol. The summed E-state index contributed by atoms with van der Waals surface area (Å²) < 4.78 is 32.1. The largest absolute Gasteiger partial charge is 0.444 e. The highest BCUT2D eigenvalue weighted by atomic mass is 79.9. The van der Waals surface area contributed by atoms with Crippen LogP contribution in [-0.2, 0) is 10.0 Å². The van der Waals surface area contributed by atoms with Crippen molar-refractivity contribution < 1.29 is 17.6 Å². The molecule has 1 amide bonds. The Bertz CT molecular complexity index is 910. The minimum atomic E-state index is -3.45. The lowest BCUT2D eigenvalue weighted by Crippen LogP contribution is -2.50. The van der Waals surface area contributed by atoms with E-state index in [0.717, 1.165) is 5.69 Å². The molecule has 7 nitrogen and oxygen atoms in total. The van der Waals surface area contributed by atoms with E-state index in [9.17, 15) is 13.2 Å². The van der Waals surface area contributed by atoms with Crippen LogP contribution in [0.4, 0.5) is 5.69 Å². The van der Waals surface area contributed by atoms with Gasteiger partial charge in [-0.15, -0.1) is 0 Å². The van der Waals surface area contributed by atoms with Gasteiger partial charge in [0, 0.05) is 32.7 Å². The van der Waals surface area contributed by atoms with E-state index in [1.165, 1.54) is 10.4 Å². The first-order valence-corrected chi connectivity index (χ1v) is 11.2. The van der Waals surface area contributed by atoms with Gasteiger partial charge in [0.1, 0.15) is 0 Å². The minimum absolute atomic E-state index is 0.0181. The van der Waals surface area contributed by atoms with Crippen LogP contribution in [0.15, 0.2) is 45.5 Å². The molecule has 146 valence electrons. The summed E-state index contributed by atoms with van der Waals surface area (Å²) in [6.07, 6.45) is 0. The molecule has 1 saturated heterocycles. The number of hydrogen-bond donors (Lipinski definition) is 1. The SMILES string of the molecule is O=C(NCCS(=O)(=O)N1CCN(c2ccccc2Cl)CC1)c1ccc(Br)o1. The molecule has 1 aliphatic rings. The van der Waals surface area contributed by atoms with Gasteiger partial charge in [0.05, 0.1) is 16.5 Å². The van der Waals surface area contributed by atoms with E-state index in [0.29, 0.717) is 35.9 Å². The average Bonchev–Trinajstić information content (AvgIpc) is 3.09. The van der Waals surface area contributed by atoms with Gasteiger partial charge >= 0.3 is 0 Å². The molecule has 0 spiro atoms. The standard InChI is InChI=1S/C17H19BrClN3O4S/c18-16-6-5-15(26-16)17(23)20-7-12-27(24,25)22-10-8-21(9-11-22)14-4-2-1-3-13(14)19/h1-6H,7-12H2,(H,20,23). The Kier molecular flexibility index (Phi) is 6.46. The molecule has 3 rings (SSSR count). The van der Waals surface area contributed by atoms with Crippen molar-refractivity contribution in [3.63, 3.8) is 0 Å². The van der Waals surface area contributed by atoms with Crippen LogP contribution in [0, 0.1) is 0 Å². The highest BCUT2D eigenvalue weighted by molar-refractivity contribution is 9.10. The number of furan rings is 1. The van der Waals surface area contributed by atoms with Crippen LogP contribution in [0.1, 0.15) is 10.6 Å². The van der Waals surface area contributed by atoms with Crippen LogP contribution in [0.25, 0.3) is 0 Å². The van der Waals surface area contributed by atoms with Crippen LogP contribution >= 0.6 is 27.5 Å². The van der Waals surface area contributed by atoms with Gasteiger partial charge in [-0.3, -0.25) is 4.79 Å². The second-order valence-electron chi connectivity index (χ2n) is 6.01. The van der Waals surface area contributed by atoms with Crippen molar-refractivity contribution in [2.75, 3.05) is 43.4 Å². The molecule has 0 aliphatic carbocycles. The molecule has 1 fully saturated rings. The Labute approximate surface area is 171 Å². The lowest BCUT2D eigenvalue weighted by Gasteiger charge is -2.35. The fourth-order valence-electron chi connectivity index (χ4n) is 2.86.